The Balaban J connectivity index is 1.77. The van der Waals surface area contributed by atoms with Gasteiger partial charge in [-0.15, -0.1) is 11.8 Å². The van der Waals surface area contributed by atoms with E-state index in [1.165, 1.54) is 0 Å². The number of carbonyl (C=O) groups excluding carboxylic acids is 3. The number of thioether (sulfide) groups is 1. The highest BCUT2D eigenvalue weighted by Crippen LogP contribution is 2.67. The molecule has 3 heterocycles. The van der Waals surface area contributed by atoms with Crippen LogP contribution in [-0.2, 0) is 19.1 Å². The van der Waals surface area contributed by atoms with Gasteiger partial charge in [0.1, 0.15) is 6.04 Å². The second-order valence-electron chi connectivity index (χ2n) is 9.94. The first kappa shape index (κ1) is 25.3. The Kier molecular flexibility index (Phi) is 7.23. The molecule has 3 fully saturated rings. The van der Waals surface area contributed by atoms with Crippen LogP contribution in [0.5, 0.6) is 0 Å². The van der Waals surface area contributed by atoms with E-state index >= 15 is 0 Å². The largest absolute Gasteiger partial charge is 0.466 e. The number of likely N-dealkylation sites (tertiary alicyclic amines) is 1. The molecule has 4 rings (SSSR count). The highest BCUT2D eigenvalue weighted by molar-refractivity contribution is 8.02. The van der Waals surface area contributed by atoms with Crippen LogP contribution >= 0.6 is 23.4 Å². The van der Waals surface area contributed by atoms with Gasteiger partial charge in [0.25, 0.3) is 0 Å². The lowest BCUT2D eigenvalue weighted by molar-refractivity contribution is -0.154. The van der Waals surface area contributed by atoms with Gasteiger partial charge in [-0.1, -0.05) is 37.6 Å². The fourth-order valence-electron chi connectivity index (χ4n) is 6.09. The SMILES string of the molecule is CCOC(=O)[C@@H]1[C@@H]2CCC3(S2)C(C(=O)Nc2c(C)cccc2Cl)N([C@@H](CO)CC(C)C)C(=O)[C@H]13. The molecular weight excluding hydrogens is 476 g/mol. The van der Waals surface area contributed by atoms with Gasteiger partial charge in [0.2, 0.25) is 11.8 Å². The maximum Gasteiger partial charge on any atom is 0.310 e. The molecule has 2 bridgehead atoms. The predicted octanol–water partition coefficient (Wildman–Crippen LogP) is 3.65. The summed E-state index contributed by atoms with van der Waals surface area (Å²) >= 11 is 7.97. The fraction of sp³-hybridized carbons (Fsp3) is 0.640. The van der Waals surface area contributed by atoms with Gasteiger partial charge in [0.05, 0.1) is 46.5 Å². The third-order valence-corrected chi connectivity index (χ3v) is 9.63. The van der Waals surface area contributed by atoms with Crippen LogP contribution in [0.4, 0.5) is 5.69 Å². The van der Waals surface area contributed by atoms with Crippen molar-refractivity contribution in [2.24, 2.45) is 17.8 Å². The number of benzene rings is 1. The van der Waals surface area contributed by atoms with Crippen LogP contribution in [0.1, 0.15) is 45.6 Å². The van der Waals surface area contributed by atoms with Crippen molar-refractivity contribution in [2.45, 2.75) is 69.0 Å². The van der Waals surface area contributed by atoms with Gasteiger partial charge in [-0.25, -0.2) is 0 Å². The summed E-state index contributed by atoms with van der Waals surface area (Å²) in [6, 6.07) is 4.06. The van der Waals surface area contributed by atoms with Crippen LogP contribution in [0.3, 0.4) is 0 Å². The molecule has 1 aromatic rings. The highest BCUT2D eigenvalue weighted by Gasteiger charge is 2.74. The molecule has 3 aliphatic rings. The number of aliphatic hydroxyl groups excluding tert-OH is 1. The molecule has 186 valence electrons. The number of ether oxygens (including phenoxy) is 1. The molecule has 1 spiro atoms. The number of esters is 1. The van der Waals surface area contributed by atoms with Gasteiger partial charge >= 0.3 is 5.97 Å². The number of rotatable bonds is 8. The first-order chi connectivity index (χ1) is 16.2. The van der Waals surface area contributed by atoms with Crippen LogP contribution < -0.4 is 5.32 Å². The second kappa shape index (κ2) is 9.70. The summed E-state index contributed by atoms with van der Waals surface area (Å²) in [5.41, 5.74) is 1.34. The van der Waals surface area contributed by atoms with Crippen molar-refractivity contribution in [3.63, 3.8) is 0 Å². The number of hydrogen-bond donors (Lipinski definition) is 2. The molecule has 7 nitrogen and oxygen atoms in total. The van der Waals surface area contributed by atoms with Gasteiger partial charge < -0.3 is 20.1 Å². The van der Waals surface area contributed by atoms with Crippen molar-refractivity contribution in [2.75, 3.05) is 18.5 Å². The average molecular weight is 509 g/mol. The maximum absolute atomic E-state index is 14.0. The summed E-state index contributed by atoms with van der Waals surface area (Å²) in [5, 5.41) is 13.6. The van der Waals surface area contributed by atoms with E-state index < -0.39 is 28.7 Å². The average Bonchev–Trinajstić information content (AvgIpc) is 3.42. The maximum atomic E-state index is 14.0. The van der Waals surface area contributed by atoms with E-state index in [0.29, 0.717) is 23.6 Å². The number of nitrogens with zero attached hydrogens (tertiary/aromatic N) is 1. The fourth-order valence-corrected chi connectivity index (χ4v) is 8.55. The van der Waals surface area contributed by atoms with E-state index in [-0.39, 0.29) is 42.2 Å². The van der Waals surface area contributed by atoms with Gasteiger partial charge in [0, 0.05) is 5.25 Å². The van der Waals surface area contributed by atoms with Crippen LogP contribution in [0.15, 0.2) is 18.2 Å². The molecule has 3 aliphatic heterocycles. The Morgan fingerprint density at radius 3 is 2.74 bits per heavy atom. The lowest BCUT2D eigenvalue weighted by Gasteiger charge is -2.37. The quantitative estimate of drug-likeness (QED) is 0.520. The van der Waals surface area contributed by atoms with Crippen molar-refractivity contribution in [3.05, 3.63) is 28.8 Å². The number of amides is 2. The summed E-state index contributed by atoms with van der Waals surface area (Å²) in [6.45, 7) is 7.65. The Bertz CT molecular complexity index is 968. The molecule has 0 radical (unpaired) electrons. The molecule has 3 saturated heterocycles. The summed E-state index contributed by atoms with van der Waals surface area (Å²) in [6.07, 6.45) is 1.96. The zero-order valence-electron chi connectivity index (χ0n) is 20.0. The number of anilines is 1. The molecular formula is C25H33ClN2O5S. The lowest BCUT2D eigenvalue weighted by Crippen LogP contribution is -2.55. The Morgan fingerprint density at radius 1 is 1.38 bits per heavy atom. The molecule has 0 aliphatic carbocycles. The zero-order valence-corrected chi connectivity index (χ0v) is 21.6. The number of aliphatic hydroxyl groups is 1. The van der Waals surface area contributed by atoms with Gasteiger partial charge in [-0.05, 0) is 50.7 Å². The van der Waals surface area contributed by atoms with E-state index in [2.05, 4.69) is 5.32 Å². The lowest BCUT2D eigenvalue weighted by atomic mass is 9.71. The van der Waals surface area contributed by atoms with Crippen molar-refractivity contribution in [1.82, 2.24) is 4.90 Å². The normalized spacial score (nSPS) is 30.6. The molecule has 0 saturated carbocycles. The summed E-state index contributed by atoms with van der Waals surface area (Å²) in [4.78, 5) is 42.4. The van der Waals surface area contributed by atoms with E-state index in [0.717, 1.165) is 12.0 Å². The van der Waals surface area contributed by atoms with E-state index in [1.807, 2.05) is 32.9 Å². The van der Waals surface area contributed by atoms with Crippen LogP contribution in [0.25, 0.3) is 0 Å². The molecule has 6 atom stereocenters. The minimum absolute atomic E-state index is 0.0508. The van der Waals surface area contributed by atoms with Crippen molar-refractivity contribution >= 4 is 46.8 Å². The number of aryl methyl sites for hydroxylation is 1. The van der Waals surface area contributed by atoms with Gasteiger partial charge in [-0.3, -0.25) is 14.4 Å². The van der Waals surface area contributed by atoms with Crippen LogP contribution in [0.2, 0.25) is 5.02 Å². The molecule has 0 aromatic heterocycles. The summed E-state index contributed by atoms with van der Waals surface area (Å²) < 4.78 is 4.62. The van der Waals surface area contributed by atoms with Crippen molar-refractivity contribution in [3.8, 4) is 0 Å². The topological polar surface area (TPSA) is 95.9 Å². The first-order valence-electron chi connectivity index (χ1n) is 12.0. The first-order valence-corrected chi connectivity index (χ1v) is 13.3. The monoisotopic (exact) mass is 508 g/mol. The Labute approximate surface area is 209 Å². The van der Waals surface area contributed by atoms with Gasteiger partial charge in [-0.2, -0.15) is 0 Å². The number of hydrogen-bond acceptors (Lipinski definition) is 6. The van der Waals surface area contributed by atoms with E-state index in [9.17, 15) is 19.5 Å². The molecule has 2 unspecified atom stereocenters. The predicted molar refractivity (Wildman–Crippen MR) is 133 cm³/mol. The van der Waals surface area contributed by atoms with E-state index in [4.69, 9.17) is 16.3 Å². The number of para-hydroxylation sites is 1. The summed E-state index contributed by atoms with van der Waals surface area (Å²) in [7, 11) is 0. The minimum atomic E-state index is -0.814. The number of fused-ring (bicyclic) bond motifs is 1. The summed E-state index contributed by atoms with van der Waals surface area (Å²) in [5.74, 6) is -1.93. The van der Waals surface area contributed by atoms with Gasteiger partial charge in [0.15, 0.2) is 0 Å². The number of carbonyl (C=O) groups is 3. The molecule has 2 amide bonds. The molecule has 1 aromatic carbocycles. The molecule has 34 heavy (non-hydrogen) atoms. The van der Waals surface area contributed by atoms with Crippen molar-refractivity contribution in [1.29, 1.82) is 0 Å². The highest BCUT2D eigenvalue weighted by atomic mass is 35.5. The van der Waals surface area contributed by atoms with Crippen molar-refractivity contribution < 1.29 is 24.2 Å². The van der Waals surface area contributed by atoms with Crippen LogP contribution in [0, 0.1) is 24.7 Å². The third-order valence-electron chi connectivity index (χ3n) is 7.36. The number of nitrogens with one attached hydrogen (secondary N) is 1. The molecule has 9 heteroatoms. The minimum Gasteiger partial charge on any atom is -0.466 e. The van der Waals surface area contributed by atoms with E-state index in [1.54, 1.807) is 29.7 Å². The zero-order chi connectivity index (χ0) is 24.8. The Morgan fingerprint density at radius 2 is 2.12 bits per heavy atom. The second-order valence-corrected chi connectivity index (χ2v) is 11.9. The standard InChI is InChI=1S/C25H33ClN2O5S/c1-5-33-24(32)18-17-9-10-25(34-17)19(18)23(31)28(15(12-29)11-13(2)3)21(25)22(30)27-20-14(4)7-6-8-16(20)26/h6-8,13,15,17-19,21,29H,5,9-12H2,1-4H3,(H,27,30)/t15-,17+,18-,19+,21?,25?/m1/s1. The van der Waals surface area contributed by atoms with Crippen LogP contribution in [-0.4, -0.2) is 63.1 Å². The number of halogens is 1. The smallest absolute Gasteiger partial charge is 0.310 e. The molecule has 2 N–H and O–H groups in total. The Hall–Kier alpha value is -1.77. The third kappa shape index (κ3) is 4.01.